The fraction of sp³-hybridized carbons (Fsp3) is 0.120. The number of anilines is 2. The first-order valence-corrected chi connectivity index (χ1v) is 12.2. The van der Waals surface area contributed by atoms with Crippen molar-refractivity contribution in [3.8, 4) is 11.5 Å². The van der Waals surface area contributed by atoms with Crippen LogP contribution in [0.25, 0.3) is 0 Å². The fourth-order valence-electron chi connectivity index (χ4n) is 3.72. The lowest BCUT2D eigenvalue weighted by atomic mass is 10.2. The molecule has 3 aromatic carbocycles. The van der Waals surface area contributed by atoms with Crippen molar-refractivity contribution in [2.24, 2.45) is 4.99 Å². The minimum atomic E-state index is -4.52. The molecule has 1 amide bonds. The second kappa shape index (κ2) is 9.14. The summed E-state index contributed by atoms with van der Waals surface area (Å²) in [5.41, 5.74) is 0.533. The highest BCUT2D eigenvalue weighted by atomic mass is 32.2. The maximum atomic E-state index is 13.7. The normalized spacial score (nSPS) is 18.8. The standard InChI is InChI=1S/C25H18F3N3O3S2/c1-30-19-13-18(34-2)10-11-20(19)35-23(30)21-22(33)31(16-6-8-17(32)9-7-16)24(36-21)29-15-5-3-4-14(12-15)25(26,27)28/h3-13,32H,1-2H3/b23-21-,29-24?. The molecule has 1 saturated heterocycles. The van der Waals surface area contributed by atoms with Crippen LogP contribution in [0.4, 0.5) is 30.2 Å². The van der Waals surface area contributed by atoms with E-state index in [2.05, 4.69) is 4.99 Å². The number of carbonyl (C=O) groups excluding carboxylic acids is 1. The van der Waals surface area contributed by atoms with E-state index in [1.807, 2.05) is 30.1 Å². The number of benzene rings is 3. The van der Waals surface area contributed by atoms with E-state index >= 15 is 0 Å². The molecule has 1 fully saturated rings. The van der Waals surface area contributed by atoms with Gasteiger partial charge in [0.2, 0.25) is 0 Å². The van der Waals surface area contributed by atoms with Crippen molar-refractivity contribution in [1.82, 2.24) is 0 Å². The van der Waals surface area contributed by atoms with E-state index in [0.717, 1.165) is 34.5 Å². The predicted octanol–water partition coefficient (Wildman–Crippen LogP) is 6.60. The molecule has 0 bridgehead atoms. The minimum absolute atomic E-state index is 0.0171. The summed E-state index contributed by atoms with van der Waals surface area (Å²) in [7, 11) is 3.41. The molecule has 2 aliphatic heterocycles. The maximum Gasteiger partial charge on any atom is 0.416 e. The Morgan fingerprint density at radius 3 is 2.44 bits per heavy atom. The fourth-order valence-corrected chi connectivity index (χ4v) is 6.05. The van der Waals surface area contributed by atoms with Gasteiger partial charge >= 0.3 is 6.18 Å². The number of aliphatic imine (C=N–C) groups is 1. The van der Waals surface area contributed by atoms with E-state index < -0.39 is 11.7 Å². The topological polar surface area (TPSA) is 65.4 Å². The molecule has 0 saturated carbocycles. The molecule has 0 radical (unpaired) electrons. The van der Waals surface area contributed by atoms with Crippen LogP contribution in [0.3, 0.4) is 0 Å². The Bertz CT molecular complexity index is 1420. The van der Waals surface area contributed by atoms with Crippen LogP contribution in [0.2, 0.25) is 0 Å². The van der Waals surface area contributed by atoms with E-state index in [9.17, 15) is 23.1 Å². The van der Waals surface area contributed by atoms with Crippen molar-refractivity contribution < 1.29 is 27.8 Å². The number of fused-ring (bicyclic) bond motifs is 1. The number of aromatic hydroxyl groups is 1. The zero-order chi connectivity index (χ0) is 25.6. The van der Waals surface area contributed by atoms with Gasteiger partial charge in [-0.25, -0.2) is 4.99 Å². The highest BCUT2D eigenvalue weighted by Crippen LogP contribution is 2.51. The van der Waals surface area contributed by atoms with Crippen molar-refractivity contribution >= 4 is 51.7 Å². The number of alkyl halides is 3. The Hall–Kier alpha value is -3.57. The van der Waals surface area contributed by atoms with Gasteiger partial charge < -0.3 is 14.7 Å². The van der Waals surface area contributed by atoms with Gasteiger partial charge in [0.1, 0.15) is 16.4 Å². The van der Waals surface area contributed by atoms with Crippen LogP contribution in [-0.4, -0.2) is 30.3 Å². The average molecular weight is 530 g/mol. The lowest BCUT2D eigenvalue weighted by Crippen LogP contribution is -2.29. The average Bonchev–Trinajstić information content (AvgIpc) is 3.35. The number of hydrogen-bond donors (Lipinski definition) is 1. The molecule has 0 atom stereocenters. The molecule has 2 heterocycles. The molecule has 6 nitrogen and oxygen atoms in total. The van der Waals surface area contributed by atoms with Crippen LogP contribution in [0.1, 0.15) is 5.56 Å². The van der Waals surface area contributed by atoms with E-state index in [-0.39, 0.29) is 22.5 Å². The van der Waals surface area contributed by atoms with E-state index in [4.69, 9.17) is 4.74 Å². The first-order chi connectivity index (χ1) is 17.2. The Balaban J connectivity index is 1.60. The summed E-state index contributed by atoms with van der Waals surface area (Å²) >= 11 is 2.50. The number of halogens is 3. The van der Waals surface area contributed by atoms with Crippen molar-refractivity contribution in [3.05, 3.63) is 82.2 Å². The van der Waals surface area contributed by atoms with Crippen LogP contribution < -0.4 is 14.5 Å². The number of amidine groups is 1. The number of hydrogen-bond acceptors (Lipinski definition) is 7. The number of amides is 1. The summed E-state index contributed by atoms with van der Waals surface area (Å²) < 4.78 is 45.1. The number of rotatable bonds is 3. The summed E-state index contributed by atoms with van der Waals surface area (Å²) in [6.45, 7) is 0. The molecule has 5 rings (SSSR count). The van der Waals surface area contributed by atoms with Gasteiger partial charge in [0.15, 0.2) is 5.17 Å². The van der Waals surface area contributed by atoms with Crippen LogP contribution in [0.5, 0.6) is 11.5 Å². The van der Waals surface area contributed by atoms with Gasteiger partial charge in [-0.2, -0.15) is 13.2 Å². The number of methoxy groups -OCH3 is 1. The Labute approximate surface area is 213 Å². The molecule has 11 heteroatoms. The Morgan fingerprint density at radius 2 is 1.75 bits per heavy atom. The maximum absolute atomic E-state index is 13.7. The molecule has 36 heavy (non-hydrogen) atoms. The highest BCUT2D eigenvalue weighted by molar-refractivity contribution is 8.20. The molecule has 2 aliphatic rings. The SMILES string of the molecule is COc1ccc2c(c1)N(C)/C(=C1/SC(=Nc3cccc(C(F)(F)F)c3)N(c3ccc(O)cc3)C1=O)S2. The zero-order valence-electron chi connectivity index (χ0n) is 18.9. The first-order valence-electron chi connectivity index (χ1n) is 10.6. The third-order valence-corrected chi connectivity index (χ3v) is 7.92. The second-order valence-corrected chi connectivity index (χ2v) is 9.84. The number of nitrogens with zero attached hydrogens (tertiary/aromatic N) is 3. The van der Waals surface area contributed by atoms with E-state index in [1.54, 1.807) is 19.2 Å². The third kappa shape index (κ3) is 4.40. The minimum Gasteiger partial charge on any atom is -0.508 e. The van der Waals surface area contributed by atoms with Crippen LogP contribution in [0.15, 0.2) is 86.6 Å². The van der Waals surface area contributed by atoms with Gasteiger partial charge in [0.25, 0.3) is 5.91 Å². The monoisotopic (exact) mass is 529 g/mol. The second-order valence-electron chi connectivity index (χ2n) is 7.83. The number of ether oxygens (including phenoxy) is 1. The summed E-state index contributed by atoms with van der Waals surface area (Å²) in [4.78, 5) is 22.7. The molecular weight excluding hydrogens is 511 g/mol. The van der Waals surface area contributed by atoms with Crippen molar-refractivity contribution in [2.75, 3.05) is 24.0 Å². The highest BCUT2D eigenvalue weighted by Gasteiger charge is 2.40. The van der Waals surface area contributed by atoms with Crippen molar-refractivity contribution in [1.29, 1.82) is 0 Å². The van der Waals surface area contributed by atoms with Gasteiger partial charge in [0.05, 0.1) is 34.8 Å². The van der Waals surface area contributed by atoms with Crippen molar-refractivity contribution in [3.63, 3.8) is 0 Å². The Kier molecular flexibility index (Phi) is 6.13. The van der Waals surface area contributed by atoms with Crippen LogP contribution >= 0.6 is 23.5 Å². The van der Waals surface area contributed by atoms with E-state index in [1.165, 1.54) is 40.9 Å². The predicted molar refractivity (Wildman–Crippen MR) is 136 cm³/mol. The molecule has 0 spiro atoms. The Morgan fingerprint density at radius 1 is 1.00 bits per heavy atom. The number of phenols is 1. The quantitative estimate of drug-likeness (QED) is 0.386. The van der Waals surface area contributed by atoms with Gasteiger partial charge in [-0.05, 0) is 66.4 Å². The molecule has 184 valence electrons. The molecule has 0 aromatic heterocycles. The third-order valence-electron chi connectivity index (χ3n) is 5.52. The lowest BCUT2D eigenvalue weighted by Gasteiger charge is -2.17. The molecule has 0 aliphatic carbocycles. The molecular formula is C25H18F3N3O3S2. The lowest BCUT2D eigenvalue weighted by molar-refractivity contribution is -0.137. The smallest absolute Gasteiger partial charge is 0.416 e. The zero-order valence-corrected chi connectivity index (χ0v) is 20.5. The summed E-state index contributed by atoms with van der Waals surface area (Å²) in [6.07, 6.45) is -4.52. The summed E-state index contributed by atoms with van der Waals surface area (Å²) in [5.74, 6) is 0.323. The summed E-state index contributed by atoms with van der Waals surface area (Å²) in [6, 6.07) is 16.2. The number of thioether (sulfide) groups is 2. The first kappa shape index (κ1) is 24.1. The van der Waals surface area contributed by atoms with Gasteiger partial charge in [0, 0.05) is 18.0 Å². The van der Waals surface area contributed by atoms with Crippen LogP contribution in [0, 0.1) is 0 Å². The number of phenolic OH excluding ortho intramolecular Hbond substituents is 1. The molecule has 1 N–H and O–H groups in total. The summed E-state index contributed by atoms with van der Waals surface area (Å²) in [5, 5.41) is 10.6. The number of carbonyl (C=O) groups is 1. The molecule has 3 aromatic rings. The van der Waals surface area contributed by atoms with Gasteiger partial charge in [-0.15, -0.1) is 0 Å². The van der Waals surface area contributed by atoms with Gasteiger partial charge in [-0.3, -0.25) is 9.69 Å². The van der Waals surface area contributed by atoms with Crippen LogP contribution in [-0.2, 0) is 11.0 Å². The molecule has 0 unspecified atom stereocenters. The van der Waals surface area contributed by atoms with E-state index in [0.29, 0.717) is 21.4 Å². The van der Waals surface area contributed by atoms with Crippen molar-refractivity contribution in [2.45, 2.75) is 11.1 Å². The van der Waals surface area contributed by atoms with Gasteiger partial charge in [-0.1, -0.05) is 17.8 Å². The largest absolute Gasteiger partial charge is 0.508 e.